The topological polar surface area (TPSA) is 75.5 Å². The molecule has 0 saturated heterocycles. The molecule has 6 nitrogen and oxygen atoms in total. The van der Waals surface area contributed by atoms with Crippen LogP contribution in [-0.4, -0.2) is 35.9 Å². The van der Waals surface area contributed by atoms with Crippen LogP contribution in [-0.2, 0) is 11.3 Å². The fourth-order valence-corrected chi connectivity index (χ4v) is 2.55. The highest BCUT2D eigenvalue weighted by molar-refractivity contribution is 5.92. The van der Waals surface area contributed by atoms with E-state index in [2.05, 4.69) is 22.3 Å². The summed E-state index contributed by atoms with van der Waals surface area (Å²) in [7, 11) is 2.04. The number of nitro groups is 1. The molecule has 0 aliphatic rings. The SMILES string of the molecule is CN(CCCNC(=O)/C=C/c1ccccc1[N+](=O)[O-])Cc1ccccc1. The van der Waals surface area contributed by atoms with Gasteiger partial charge in [-0.3, -0.25) is 14.9 Å². The van der Waals surface area contributed by atoms with E-state index in [0.29, 0.717) is 12.1 Å². The molecular formula is C20H23N3O3. The number of carbonyl (C=O) groups excluding carboxylic acids is 1. The number of amides is 1. The van der Waals surface area contributed by atoms with Crippen LogP contribution in [0.4, 0.5) is 5.69 Å². The fraction of sp³-hybridized carbons (Fsp3) is 0.250. The van der Waals surface area contributed by atoms with E-state index in [1.54, 1.807) is 18.2 Å². The van der Waals surface area contributed by atoms with E-state index in [4.69, 9.17) is 0 Å². The zero-order valence-corrected chi connectivity index (χ0v) is 14.8. The summed E-state index contributed by atoms with van der Waals surface area (Å²) in [5.74, 6) is -0.256. The average Bonchev–Trinajstić information content (AvgIpc) is 2.64. The van der Waals surface area contributed by atoms with Gasteiger partial charge in [-0.1, -0.05) is 42.5 Å². The largest absolute Gasteiger partial charge is 0.353 e. The molecule has 2 aromatic rings. The predicted octanol–water partition coefficient (Wildman–Crippen LogP) is 3.25. The van der Waals surface area contributed by atoms with Crippen molar-refractivity contribution in [2.24, 2.45) is 0 Å². The molecular weight excluding hydrogens is 330 g/mol. The normalized spacial score (nSPS) is 11.0. The molecule has 1 N–H and O–H groups in total. The molecule has 0 aromatic heterocycles. The Morgan fingerprint density at radius 1 is 1.15 bits per heavy atom. The lowest BCUT2D eigenvalue weighted by atomic mass is 10.1. The number of rotatable bonds is 9. The lowest BCUT2D eigenvalue weighted by Crippen LogP contribution is -2.26. The molecule has 0 atom stereocenters. The Balaban J connectivity index is 1.71. The van der Waals surface area contributed by atoms with Crippen LogP contribution in [0.3, 0.4) is 0 Å². The van der Waals surface area contributed by atoms with Gasteiger partial charge >= 0.3 is 0 Å². The monoisotopic (exact) mass is 353 g/mol. The highest BCUT2D eigenvalue weighted by Crippen LogP contribution is 2.18. The van der Waals surface area contributed by atoms with E-state index in [9.17, 15) is 14.9 Å². The van der Waals surface area contributed by atoms with Gasteiger partial charge < -0.3 is 10.2 Å². The van der Waals surface area contributed by atoms with Gasteiger partial charge in [0.15, 0.2) is 0 Å². The van der Waals surface area contributed by atoms with E-state index >= 15 is 0 Å². The van der Waals surface area contributed by atoms with Crippen LogP contribution in [0.5, 0.6) is 0 Å². The van der Waals surface area contributed by atoms with E-state index in [0.717, 1.165) is 19.5 Å². The van der Waals surface area contributed by atoms with Gasteiger partial charge in [-0.25, -0.2) is 0 Å². The quantitative estimate of drug-likeness (QED) is 0.325. The van der Waals surface area contributed by atoms with Crippen molar-refractivity contribution in [2.45, 2.75) is 13.0 Å². The minimum Gasteiger partial charge on any atom is -0.353 e. The second kappa shape index (κ2) is 10.1. The van der Waals surface area contributed by atoms with Gasteiger partial charge in [-0.15, -0.1) is 0 Å². The number of hydrogen-bond acceptors (Lipinski definition) is 4. The second-order valence-electron chi connectivity index (χ2n) is 6.02. The number of nitrogens with zero attached hydrogens (tertiary/aromatic N) is 2. The van der Waals surface area contributed by atoms with Crippen LogP contribution in [0.1, 0.15) is 17.5 Å². The maximum atomic E-state index is 11.9. The Kier molecular flexibility index (Phi) is 7.51. The van der Waals surface area contributed by atoms with Crippen LogP contribution in [0.25, 0.3) is 6.08 Å². The molecule has 0 heterocycles. The third-order valence-electron chi connectivity index (χ3n) is 3.86. The first-order valence-corrected chi connectivity index (χ1v) is 8.48. The number of nitrogens with one attached hydrogen (secondary N) is 1. The molecule has 2 rings (SSSR count). The smallest absolute Gasteiger partial charge is 0.276 e. The molecule has 0 aliphatic heterocycles. The van der Waals surface area contributed by atoms with E-state index in [1.807, 2.05) is 25.2 Å². The first-order chi connectivity index (χ1) is 12.6. The maximum absolute atomic E-state index is 11.9. The summed E-state index contributed by atoms with van der Waals surface area (Å²) in [5, 5.41) is 13.7. The number of hydrogen-bond donors (Lipinski definition) is 1. The molecule has 2 aromatic carbocycles. The molecule has 26 heavy (non-hydrogen) atoms. The van der Waals surface area contributed by atoms with Crippen molar-refractivity contribution in [2.75, 3.05) is 20.1 Å². The summed E-state index contributed by atoms with van der Waals surface area (Å²) in [4.78, 5) is 24.5. The second-order valence-corrected chi connectivity index (χ2v) is 6.02. The summed E-state index contributed by atoms with van der Waals surface area (Å²) in [5.41, 5.74) is 1.65. The van der Waals surface area contributed by atoms with Gasteiger partial charge in [-0.05, 0) is 37.7 Å². The van der Waals surface area contributed by atoms with Crippen molar-refractivity contribution in [1.82, 2.24) is 10.2 Å². The van der Waals surface area contributed by atoms with Crippen LogP contribution in [0.15, 0.2) is 60.7 Å². The molecule has 0 bridgehead atoms. The highest BCUT2D eigenvalue weighted by Gasteiger charge is 2.09. The van der Waals surface area contributed by atoms with Crippen LogP contribution >= 0.6 is 0 Å². The minimum absolute atomic E-state index is 0.0147. The first-order valence-electron chi connectivity index (χ1n) is 8.48. The molecule has 136 valence electrons. The molecule has 0 unspecified atom stereocenters. The average molecular weight is 353 g/mol. The van der Waals surface area contributed by atoms with Gasteiger partial charge in [0.2, 0.25) is 5.91 Å². The van der Waals surface area contributed by atoms with Crippen molar-refractivity contribution in [3.8, 4) is 0 Å². The van der Waals surface area contributed by atoms with Gasteiger partial charge in [0.05, 0.1) is 10.5 Å². The molecule has 0 spiro atoms. The molecule has 0 aliphatic carbocycles. The van der Waals surface area contributed by atoms with Gasteiger partial charge in [0.25, 0.3) is 5.69 Å². The highest BCUT2D eigenvalue weighted by atomic mass is 16.6. The third kappa shape index (κ3) is 6.49. The standard InChI is InChI=1S/C20H23N3O3/c1-22(16-17-8-3-2-4-9-17)15-7-14-21-20(24)13-12-18-10-5-6-11-19(18)23(25)26/h2-6,8-13H,7,14-16H2,1H3,(H,21,24)/b13-12+. The van der Waals surface area contributed by atoms with Crippen molar-refractivity contribution in [3.63, 3.8) is 0 Å². The maximum Gasteiger partial charge on any atom is 0.276 e. The van der Waals surface area contributed by atoms with Crippen molar-refractivity contribution < 1.29 is 9.72 Å². The molecule has 1 amide bonds. The van der Waals surface area contributed by atoms with Gasteiger partial charge in [0.1, 0.15) is 0 Å². The molecule has 0 saturated carbocycles. The third-order valence-corrected chi connectivity index (χ3v) is 3.86. The van der Waals surface area contributed by atoms with Crippen LogP contribution < -0.4 is 5.32 Å². The van der Waals surface area contributed by atoms with E-state index in [-0.39, 0.29) is 11.6 Å². The lowest BCUT2D eigenvalue weighted by molar-refractivity contribution is -0.385. The summed E-state index contributed by atoms with van der Waals surface area (Å²) < 4.78 is 0. The summed E-state index contributed by atoms with van der Waals surface area (Å²) in [6.45, 7) is 2.29. The molecule has 0 radical (unpaired) electrons. The number of benzene rings is 2. The van der Waals surface area contributed by atoms with Crippen LogP contribution in [0, 0.1) is 10.1 Å². The Bertz CT molecular complexity index is 760. The zero-order chi connectivity index (χ0) is 18.8. The summed E-state index contributed by atoms with van der Waals surface area (Å²) >= 11 is 0. The number of para-hydroxylation sites is 1. The fourth-order valence-electron chi connectivity index (χ4n) is 2.55. The van der Waals surface area contributed by atoms with Crippen LogP contribution in [0.2, 0.25) is 0 Å². The number of nitro benzene ring substituents is 1. The zero-order valence-electron chi connectivity index (χ0n) is 14.8. The Morgan fingerprint density at radius 2 is 1.85 bits per heavy atom. The predicted molar refractivity (Wildman–Crippen MR) is 103 cm³/mol. The van der Waals surface area contributed by atoms with Crippen molar-refractivity contribution >= 4 is 17.7 Å². The summed E-state index contributed by atoms with van der Waals surface area (Å²) in [6, 6.07) is 16.5. The molecule has 6 heteroatoms. The van der Waals surface area contributed by atoms with E-state index < -0.39 is 4.92 Å². The van der Waals surface area contributed by atoms with Crippen molar-refractivity contribution in [1.29, 1.82) is 0 Å². The number of carbonyl (C=O) groups is 1. The van der Waals surface area contributed by atoms with Crippen molar-refractivity contribution in [3.05, 3.63) is 81.9 Å². The Morgan fingerprint density at radius 3 is 2.58 bits per heavy atom. The first kappa shape index (κ1) is 19.3. The lowest BCUT2D eigenvalue weighted by Gasteiger charge is -2.16. The molecule has 0 fully saturated rings. The minimum atomic E-state index is -0.458. The van der Waals surface area contributed by atoms with Gasteiger partial charge in [-0.2, -0.15) is 0 Å². The Labute approximate surface area is 153 Å². The van der Waals surface area contributed by atoms with E-state index in [1.165, 1.54) is 23.8 Å². The summed E-state index contributed by atoms with van der Waals surface area (Å²) in [6.07, 6.45) is 3.62. The Hall–Kier alpha value is -2.99. The van der Waals surface area contributed by atoms with Gasteiger partial charge in [0, 0.05) is 25.2 Å².